The van der Waals surface area contributed by atoms with Crippen molar-refractivity contribution in [2.75, 3.05) is 0 Å². The molecule has 1 aliphatic heterocycles. The molecule has 0 saturated heterocycles. The predicted octanol–water partition coefficient (Wildman–Crippen LogP) is 18.2. The van der Waals surface area contributed by atoms with Crippen LogP contribution in [0.2, 0.25) is 0 Å². The van der Waals surface area contributed by atoms with Crippen LogP contribution in [0.4, 0.5) is 0 Å². The van der Waals surface area contributed by atoms with Crippen molar-refractivity contribution in [3.63, 3.8) is 0 Å². The monoisotopic (exact) mass is 1110 g/mol. The molecule has 3 unspecified atom stereocenters. The molecule has 6 heteroatoms. The number of aromatic nitrogens is 4. The van der Waals surface area contributed by atoms with E-state index in [1.807, 2.05) is 0 Å². The van der Waals surface area contributed by atoms with E-state index in [9.17, 15) is 0 Å². The number of hydrogen-bond donors (Lipinski definition) is 0. The van der Waals surface area contributed by atoms with Crippen LogP contribution in [0.25, 0.3) is 127 Å². The third kappa shape index (κ3) is 6.92. The van der Waals surface area contributed by atoms with Crippen molar-refractivity contribution >= 4 is 111 Å². The number of para-hydroxylation sites is 6. The summed E-state index contributed by atoms with van der Waals surface area (Å²) in [4.78, 5) is 11.9. The lowest BCUT2D eigenvalue weighted by Gasteiger charge is -2.37. The standard InChI is InChI=1S/C81H54N6/c1-81(55-21-18-26-58(49-55)86-69-33-12-8-27-59(69)63-41-37-54(48-76(63)86)53-39-43-74-67(47-53)61-29-10-14-35-71(61)85(74)57-24-6-3-7-25-57)78-64-31-16-19-50-20-17-32-65(77(50)64)79(78)82-80(83-81)87-72-36-15-11-30-62(72)68-46-52(40-44-75(68)87)51-38-42-73-66(45-51)60-28-9-13-34-70(60)84(73)56-22-4-2-5-23-56/h2-39,41-49,52,78H,40H2,1H3. The SMILES string of the molecule is CC1(c2cccc(-n3c4ccccc4c4ccc(-c5ccc6c(c5)c5ccccc5n6-c5ccccc5)cc43)c2)N=C(n2c3c(c4ccccc42)=CC(c2ccc4c(c2)c2ccccc2n4-c2ccccc2)CC=3)N=C2c3cccc4cccc(c34)C21. The minimum absolute atomic E-state index is 0.134. The van der Waals surface area contributed by atoms with Gasteiger partial charge in [-0.1, -0.05) is 194 Å². The maximum atomic E-state index is 6.08. The van der Waals surface area contributed by atoms with E-state index in [1.54, 1.807) is 0 Å². The maximum absolute atomic E-state index is 6.08. The Labute approximate surface area is 501 Å². The van der Waals surface area contributed by atoms with Crippen molar-refractivity contribution in [2.24, 2.45) is 9.98 Å². The third-order valence-electron chi connectivity index (χ3n) is 19.5. The highest BCUT2D eigenvalue weighted by Gasteiger charge is 2.48. The molecule has 0 N–H and O–H groups in total. The topological polar surface area (TPSA) is 44.4 Å². The first-order valence-electron chi connectivity index (χ1n) is 30.4. The predicted molar refractivity (Wildman–Crippen MR) is 362 cm³/mol. The van der Waals surface area contributed by atoms with Gasteiger partial charge in [0.15, 0.2) is 0 Å². The molecule has 19 rings (SSSR count). The van der Waals surface area contributed by atoms with Gasteiger partial charge in [0.2, 0.25) is 5.96 Å². The third-order valence-corrected chi connectivity index (χ3v) is 19.5. The molecular formula is C81H54N6. The summed E-state index contributed by atoms with van der Waals surface area (Å²) in [6.07, 6.45) is 5.81. The summed E-state index contributed by atoms with van der Waals surface area (Å²) in [6, 6.07) is 101. The number of fused-ring (bicyclic) bond motifs is 15. The summed E-state index contributed by atoms with van der Waals surface area (Å²) in [5, 5.41) is 13.5. The Morgan fingerprint density at radius 1 is 0.402 bits per heavy atom. The van der Waals surface area contributed by atoms with Crippen LogP contribution < -0.4 is 10.6 Å². The van der Waals surface area contributed by atoms with Crippen LogP contribution in [0.15, 0.2) is 283 Å². The Balaban J connectivity index is 0.772. The quantitative estimate of drug-likeness (QED) is 0.159. The summed E-state index contributed by atoms with van der Waals surface area (Å²) in [5.41, 5.74) is 19.2. The largest absolute Gasteiger partial charge is 0.309 e. The first-order chi connectivity index (χ1) is 43.0. The molecule has 4 aromatic heterocycles. The molecule has 0 saturated carbocycles. The highest BCUT2D eigenvalue weighted by atomic mass is 15.2. The van der Waals surface area contributed by atoms with Crippen LogP contribution in [0.3, 0.4) is 0 Å². The van der Waals surface area contributed by atoms with Crippen molar-refractivity contribution in [3.8, 4) is 28.2 Å². The van der Waals surface area contributed by atoms with E-state index < -0.39 is 5.54 Å². The Bertz CT molecular complexity index is 5820. The van der Waals surface area contributed by atoms with Crippen molar-refractivity contribution in [2.45, 2.75) is 30.7 Å². The molecule has 0 fully saturated rings. The number of rotatable bonds is 6. The fourth-order valence-electron chi connectivity index (χ4n) is 15.6. The molecule has 6 nitrogen and oxygen atoms in total. The van der Waals surface area contributed by atoms with Crippen molar-refractivity contribution in [1.29, 1.82) is 0 Å². The number of hydrogen-bond acceptors (Lipinski definition) is 2. The Morgan fingerprint density at radius 2 is 0.931 bits per heavy atom. The number of nitrogens with zero attached hydrogens (tertiary/aromatic N) is 6. The lowest BCUT2D eigenvalue weighted by Crippen LogP contribution is -2.42. The Morgan fingerprint density at radius 3 is 1.63 bits per heavy atom. The zero-order chi connectivity index (χ0) is 57.1. The van der Waals surface area contributed by atoms with Gasteiger partial charge in [0.25, 0.3) is 0 Å². The second-order valence-corrected chi connectivity index (χ2v) is 24.1. The molecule has 0 radical (unpaired) electrons. The van der Waals surface area contributed by atoms with Crippen LogP contribution in [0.5, 0.6) is 0 Å². The number of aliphatic imine (C=N–C) groups is 2. The first-order valence-corrected chi connectivity index (χ1v) is 30.4. The van der Waals surface area contributed by atoms with E-state index in [-0.39, 0.29) is 11.8 Å². The summed E-state index contributed by atoms with van der Waals surface area (Å²) in [5.74, 6) is 0.748. The Kier molecular flexibility index (Phi) is 10.1. The van der Waals surface area contributed by atoms with Crippen molar-refractivity contribution in [1.82, 2.24) is 18.3 Å². The van der Waals surface area contributed by atoms with Gasteiger partial charge in [-0.25, -0.2) is 9.98 Å². The van der Waals surface area contributed by atoms with Gasteiger partial charge in [0.1, 0.15) is 0 Å². The van der Waals surface area contributed by atoms with E-state index in [1.165, 1.54) is 109 Å². The van der Waals surface area contributed by atoms with Crippen molar-refractivity contribution < 1.29 is 0 Å². The van der Waals surface area contributed by atoms with Gasteiger partial charge in [-0.05, 0) is 143 Å². The zero-order valence-corrected chi connectivity index (χ0v) is 47.7. The molecule has 5 heterocycles. The fourth-order valence-corrected chi connectivity index (χ4v) is 15.6. The average molecular weight is 1110 g/mol. The second-order valence-electron chi connectivity index (χ2n) is 24.1. The van der Waals surface area contributed by atoms with Crippen LogP contribution in [-0.2, 0) is 5.54 Å². The van der Waals surface area contributed by atoms with Crippen LogP contribution in [0.1, 0.15) is 47.4 Å². The van der Waals surface area contributed by atoms with Crippen LogP contribution >= 0.6 is 0 Å². The second kappa shape index (κ2) is 18.2. The molecule has 408 valence electrons. The van der Waals surface area contributed by atoms with Gasteiger partial charge in [-0.3, -0.25) is 4.57 Å². The smallest absolute Gasteiger partial charge is 0.231 e. The molecular weight excluding hydrogens is 1060 g/mol. The molecule has 0 spiro atoms. The zero-order valence-electron chi connectivity index (χ0n) is 47.7. The molecule has 3 aliphatic rings. The molecule has 0 bridgehead atoms. The highest BCUT2D eigenvalue weighted by Crippen LogP contribution is 2.52. The summed E-state index contributed by atoms with van der Waals surface area (Å²) >= 11 is 0. The first kappa shape index (κ1) is 48.3. The molecule has 12 aromatic carbocycles. The minimum Gasteiger partial charge on any atom is -0.309 e. The number of benzene rings is 12. The summed E-state index contributed by atoms with van der Waals surface area (Å²) < 4.78 is 9.63. The molecule has 2 aliphatic carbocycles. The van der Waals surface area contributed by atoms with Gasteiger partial charge in [-0.15, -0.1) is 0 Å². The maximum Gasteiger partial charge on any atom is 0.231 e. The van der Waals surface area contributed by atoms with E-state index in [4.69, 9.17) is 9.98 Å². The minimum atomic E-state index is -0.776. The van der Waals surface area contributed by atoms with Gasteiger partial charge < -0.3 is 13.7 Å². The van der Waals surface area contributed by atoms with Gasteiger partial charge >= 0.3 is 0 Å². The Hall–Kier alpha value is -11.1. The van der Waals surface area contributed by atoms with E-state index in [2.05, 4.69) is 310 Å². The van der Waals surface area contributed by atoms with Gasteiger partial charge in [0, 0.05) is 71.5 Å². The summed E-state index contributed by atoms with van der Waals surface area (Å²) in [7, 11) is 0. The normalized spacial score (nSPS) is 17.1. The molecule has 3 atom stereocenters. The van der Waals surface area contributed by atoms with Crippen molar-refractivity contribution in [3.05, 3.63) is 306 Å². The van der Waals surface area contributed by atoms with E-state index in [0.29, 0.717) is 5.96 Å². The van der Waals surface area contributed by atoms with Crippen LogP contribution in [0, 0.1) is 0 Å². The fraction of sp³-hybridized carbons (Fsp3) is 0.0617. The molecule has 0 amide bonds. The molecule has 87 heavy (non-hydrogen) atoms. The van der Waals surface area contributed by atoms with E-state index in [0.717, 1.165) is 51.0 Å². The van der Waals surface area contributed by atoms with Gasteiger partial charge in [-0.2, -0.15) is 0 Å². The summed E-state index contributed by atoms with van der Waals surface area (Å²) in [6.45, 7) is 2.36. The van der Waals surface area contributed by atoms with Gasteiger partial charge in [0.05, 0.1) is 61.1 Å². The lowest BCUT2D eigenvalue weighted by atomic mass is 9.74. The lowest BCUT2D eigenvalue weighted by molar-refractivity contribution is 0.460. The highest BCUT2D eigenvalue weighted by molar-refractivity contribution is 6.25. The molecule has 16 aromatic rings. The van der Waals surface area contributed by atoms with Crippen LogP contribution in [-0.4, -0.2) is 29.9 Å². The van der Waals surface area contributed by atoms with E-state index >= 15 is 0 Å². The average Bonchev–Trinajstić information content (AvgIpc) is 1.69.